The Labute approximate surface area is 155 Å². The SMILES string of the molecule is O=C(NC1CCCCC1)c1nc(C(=O)N2CCCCC2)n2c1CCCC2. The van der Waals surface area contributed by atoms with Crippen molar-refractivity contribution < 1.29 is 9.59 Å². The van der Waals surface area contributed by atoms with Crippen LogP contribution >= 0.6 is 0 Å². The Bertz CT molecular complexity index is 670. The highest BCUT2D eigenvalue weighted by Gasteiger charge is 2.31. The average molecular weight is 358 g/mol. The lowest BCUT2D eigenvalue weighted by Crippen LogP contribution is -2.37. The summed E-state index contributed by atoms with van der Waals surface area (Å²) in [4.78, 5) is 32.4. The summed E-state index contributed by atoms with van der Waals surface area (Å²) in [7, 11) is 0. The number of aromatic nitrogens is 2. The molecule has 0 spiro atoms. The van der Waals surface area contributed by atoms with E-state index >= 15 is 0 Å². The number of fused-ring (bicyclic) bond motifs is 1. The van der Waals surface area contributed by atoms with Gasteiger partial charge in [0.05, 0.1) is 5.69 Å². The highest BCUT2D eigenvalue weighted by Crippen LogP contribution is 2.24. The van der Waals surface area contributed by atoms with Gasteiger partial charge in [-0.15, -0.1) is 0 Å². The molecule has 1 aliphatic carbocycles. The molecule has 0 radical (unpaired) electrons. The van der Waals surface area contributed by atoms with Crippen molar-refractivity contribution in [2.45, 2.75) is 83.2 Å². The normalized spacial score (nSPS) is 21.3. The summed E-state index contributed by atoms with van der Waals surface area (Å²) in [6.45, 7) is 2.42. The van der Waals surface area contributed by atoms with E-state index in [0.717, 1.165) is 70.3 Å². The van der Waals surface area contributed by atoms with Crippen LogP contribution < -0.4 is 5.32 Å². The fraction of sp³-hybridized carbons (Fsp3) is 0.750. The monoisotopic (exact) mass is 358 g/mol. The van der Waals surface area contributed by atoms with Gasteiger partial charge in [-0.05, 0) is 51.4 Å². The summed E-state index contributed by atoms with van der Waals surface area (Å²) in [5, 5.41) is 3.18. The predicted octanol–water partition coefficient (Wildman–Crippen LogP) is 2.91. The fourth-order valence-corrected chi connectivity index (χ4v) is 4.63. The van der Waals surface area contributed by atoms with Gasteiger partial charge in [-0.25, -0.2) is 4.98 Å². The van der Waals surface area contributed by atoms with Crippen molar-refractivity contribution in [2.24, 2.45) is 0 Å². The van der Waals surface area contributed by atoms with Crippen molar-refractivity contribution in [3.63, 3.8) is 0 Å². The number of rotatable bonds is 3. The first kappa shape index (κ1) is 17.6. The zero-order chi connectivity index (χ0) is 17.9. The molecule has 1 aromatic heterocycles. The maximum atomic E-state index is 13.0. The van der Waals surface area contributed by atoms with E-state index in [-0.39, 0.29) is 17.9 Å². The molecule has 0 bridgehead atoms. The van der Waals surface area contributed by atoms with E-state index in [1.807, 2.05) is 9.47 Å². The first-order valence-corrected chi connectivity index (χ1v) is 10.4. The Morgan fingerprint density at radius 3 is 2.35 bits per heavy atom. The number of piperidine rings is 1. The Kier molecular flexibility index (Phi) is 5.27. The van der Waals surface area contributed by atoms with Crippen molar-refractivity contribution in [1.82, 2.24) is 19.8 Å². The first-order valence-electron chi connectivity index (χ1n) is 10.4. The van der Waals surface area contributed by atoms with Crippen molar-refractivity contribution in [3.05, 3.63) is 17.2 Å². The maximum Gasteiger partial charge on any atom is 0.289 e. The molecular weight excluding hydrogens is 328 g/mol. The predicted molar refractivity (Wildman–Crippen MR) is 99.3 cm³/mol. The number of hydrogen-bond donors (Lipinski definition) is 1. The number of carbonyl (C=O) groups is 2. The maximum absolute atomic E-state index is 13.0. The highest BCUT2D eigenvalue weighted by atomic mass is 16.2. The van der Waals surface area contributed by atoms with Gasteiger partial charge in [-0.3, -0.25) is 9.59 Å². The molecule has 26 heavy (non-hydrogen) atoms. The minimum atomic E-state index is -0.0831. The summed E-state index contributed by atoms with van der Waals surface area (Å²) in [5.74, 6) is 0.403. The number of carbonyl (C=O) groups excluding carboxylic acids is 2. The Morgan fingerprint density at radius 1 is 0.885 bits per heavy atom. The summed E-state index contributed by atoms with van der Waals surface area (Å²) >= 11 is 0. The van der Waals surface area contributed by atoms with Gasteiger partial charge in [0.2, 0.25) is 0 Å². The number of imidazole rings is 1. The molecule has 3 aliphatic rings. The van der Waals surface area contributed by atoms with Gasteiger partial charge < -0.3 is 14.8 Å². The third-order valence-electron chi connectivity index (χ3n) is 6.11. The second kappa shape index (κ2) is 7.80. The van der Waals surface area contributed by atoms with Crippen LogP contribution in [0.1, 0.15) is 91.0 Å². The molecular formula is C20H30N4O2. The van der Waals surface area contributed by atoms with E-state index in [2.05, 4.69) is 10.3 Å². The molecule has 2 fully saturated rings. The van der Waals surface area contributed by atoms with Crippen molar-refractivity contribution >= 4 is 11.8 Å². The van der Waals surface area contributed by atoms with E-state index < -0.39 is 0 Å². The van der Waals surface area contributed by atoms with Crippen LogP contribution in [-0.4, -0.2) is 45.4 Å². The molecule has 1 saturated heterocycles. The van der Waals surface area contributed by atoms with Gasteiger partial charge in [0.15, 0.2) is 5.82 Å². The quantitative estimate of drug-likeness (QED) is 0.903. The second-order valence-corrected chi connectivity index (χ2v) is 8.00. The van der Waals surface area contributed by atoms with Crippen molar-refractivity contribution in [3.8, 4) is 0 Å². The Morgan fingerprint density at radius 2 is 1.58 bits per heavy atom. The van der Waals surface area contributed by atoms with Crippen molar-refractivity contribution in [1.29, 1.82) is 0 Å². The fourth-order valence-electron chi connectivity index (χ4n) is 4.63. The zero-order valence-electron chi connectivity index (χ0n) is 15.6. The molecule has 4 rings (SSSR count). The number of likely N-dealkylation sites (tertiary alicyclic amines) is 1. The third kappa shape index (κ3) is 3.51. The van der Waals surface area contributed by atoms with E-state index in [9.17, 15) is 9.59 Å². The lowest BCUT2D eigenvalue weighted by Gasteiger charge is -2.27. The van der Waals surface area contributed by atoms with Gasteiger partial charge in [0, 0.05) is 25.7 Å². The molecule has 0 aromatic carbocycles. The van der Waals surface area contributed by atoms with E-state index in [0.29, 0.717) is 11.5 Å². The lowest BCUT2D eigenvalue weighted by molar-refractivity contribution is 0.0705. The molecule has 6 nitrogen and oxygen atoms in total. The third-order valence-corrected chi connectivity index (χ3v) is 6.11. The van der Waals surface area contributed by atoms with E-state index in [1.54, 1.807) is 0 Å². The molecule has 1 saturated carbocycles. The average Bonchev–Trinajstić information content (AvgIpc) is 3.09. The summed E-state index contributed by atoms with van der Waals surface area (Å²) in [6.07, 6.45) is 12.0. The van der Waals surface area contributed by atoms with Crippen molar-refractivity contribution in [2.75, 3.05) is 13.1 Å². The van der Waals surface area contributed by atoms with Crippen LogP contribution in [-0.2, 0) is 13.0 Å². The van der Waals surface area contributed by atoms with Gasteiger partial charge in [-0.1, -0.05) is 19.3 Å². The van der Waals surface area contributed by atoms with Crippen LogP contribution in [0.4, 0.5) is 0 Å². The smallest absolute Gasteiger partial charge is 0.289 e. The van der Waals surface area contributed by atoms with Crippen LogP contribution in [0.15, 0.2) is 0 Å². The largest absolute Gasteiger partial charge is 0.348 e. The number of amides is 2. The first-order chi connectivity index (χ1) is 12.7. The zero-order valence-corrected chi connectivity index (χ0v) is 15.6. The Hall–Kier alpha value is -1.85. The molecule has 2 amide bonds. The minimum Gasteiger partial charge on any atom is -0.348 e. The summed E-state index contributed by atoms with van der Waals surface area (Å²) < 4.78 is 2.02. The molecule has 0 atom stereocenters. The van der Waals surface area contributed by atoms with Crippen LogP contribution in [0.2, 0.25) is 0 Å². The number of nitrogens with one attached hydrogen (secondary N) is 1. The van der Waals surface area contributed by atoms with Crippen LogP contribution in [0, 0.1) is 0 Å². The molecule has 6 heteroatoms. The standard InChI is InChI=1S/C20H30N4O2/c25-19(21-15-9-3-1-4-10-15)17-16-11-5-8-14-24(16)18(22-17)20(26)23-12-6-2-7-13-23/h15H,1-14H2,(H,21,25). The molecule has 1 aromatic rings. The highest BCUT2D eigenvalue weighted by molar-refractivity contribution is 5.97. The van der Waals surface area contributed by atoms with Crippen LogP contribution in [0.25, 0.3) is 0 Å². The van der Waals surface area contributed by atoms with Gasteiger partial charge in [0.1, 0.15) is 5.69 Å². The number of hydrogen-bond acceptors (Lipinski definition) is 3. The molecule has 2 aliphatic heterocycles. The molecule has 0 unspecified atom stereocenters. The topological polar surface area (TPSA) is 67.2 Å². The van der Waals surface area contributed by atoms with E-state index in [1.165, 1.54) is 25.7 Å². The minimum absolute atomic E-state index is 0.00423. The Balaban J connectivity index is 1.57. The van der Waals surface area contributed by atoms with Gasteiger partial charge in [0.25, 0.3) is 11.8 Å². The lowest BCUT2D eigenvalue weighted by atomic mass is 9.95. The van der Waals surface area contributed by atoms with E-state index in [4.69, 9.17) is 0 Å². The van der Waals surface area contributed by atoms with Crippen LogP contribution in [0.3, 0.4) is 0 Å². The molecule has 1 N–H and O–H groups in total. The summed E-state index contributed by atoms with van der Waals surface area (Å²) in [5.41, 5.74) is 1.46. The molecule has 142 valence electrons. The van der Waals surface area contributed by atoms with Gasteiger partial charge >= 0.3 is 0 Å². The second-order valence-electron chi connectivity index (χ2n) is 8.00. The molecule has 3 heterocycles. The summed E-state index contributed by atoms with van der Waals surface area (Å²) in [6, 6.07) is 0.262. The van der Waals surface area contributed by atoms with Gasteiger partial charge in [-0.2, -0.15) is 0 Å². The number of nitrogens with zero attached hydrogens (tertiary/aromatic N) is 3. The van der Waals surface area contributed by atoms with Crippen LogP contribution in [0.5, 0.6) is 0 Å².